The Morgan fingerprint density at radius 1 is 1.14 bits per heavy atom. The minimum Gasteiger partial charge on any atom is -0.387 e. The molecule has 0 aromatic carbocycles. The van der Waals surface area contributed by atoms with Gasteiger partial charge in [0.05, 0.1) is 69.5 Å². The second-order valence-electron chi connectivity index (χ2n) is 8.56. The number of aliphatic hydroxyl groups is 1. The summed E-state index contributed by atoms with van der Waals surface area (Å²) in [4.78, 5) is 21.4. The number of hydrogen-bond acceptors (Lipinski definition) is 8. The molecule has 0 unspecified atom stereocenters. The van der Waals surface area contributed by atoms with E-state index in [0.717, 1.165) is 0 Å². The number of hydrogen-bond donors (Lipinski definition) is 3. The molecule has 4 heterocycles. The summed E-state index contributed by atoms with van der Waals surface area (Å²) >= 11 is 0. The Morgan fingerprint density at radius 3 is 2.61 bits per heavy atom. The third kappa shape index (κ3) is 5.12. The van der Waals surface area contributed by atoms with Crippen LogP contribution in [0.1, 0.15) is 35.3 Å². The monoisotopic (exact) mass is 484 g/mol. The number of amides is 1. The second-order valence-corrected chi connectivity index (χ2v) is 8.56. The maximum atomic E-state index is 14.2. The molecule has 1 atom stereocenters. The molecule has 0 aliphatic rings. The summed E-state index contributed by atoms with van der Waals surface area (Å²) in [5.41, 5.74) is 1.79. The molecule has 4 aromatic rings. The van der Waals surface area contributed by atoms with Crippen molar-refractivity contribution in [2.75, 3.05) is 11.9 Å². The highest BCUT2D eigenvalue weighted by molar-refractivity contribution is 6.00. The Kier molecular flexibility index (Phi) is 6.59. The van der Waals surface area contributed by atoms with Gasteiger partial charge < -0.3 is 15.7 Å². The zero-order valence-corrected chi connectivity index (χ0v) is 19.4. The van der Waals surface area contributed by atoms with Crippen LogP contribution in [0.5, 0.6) is 0 Å². The average Bonchev–Trinajstić information content (AvgIpc) is 3.29. The van der Waals surface area contributed by atoms with Gasteiger partial charge in [-0.05, 0) is 44.2 Å². The van der Waals surface area contributed by atoms with Crippen molar-refractivity contribution in [1.29, 1.82) is 10.5 Å². The molecular weight excluding hydrogens is 463 g/mol. The molecule has 180 valence electrons. The van der Waals surface area contributed by atoms with Crippen LogP contribution in [0.25, 0.3) is 16.9 Å². The molecule has 0 fully saturated rings. The fourth-order valence-corrected chi connectivity index (χ4v) is 3.39. The number of nitrogens with zero attached hydrogens (tertiary/aromatic N) is 6. The van der Waals surface area contributed by atoms with Crippen LogP contribution < -0.4 is 10.6 Å². The van der Waals surface area contributed by atoms with Crippen LogP contribution in [0.3, 0.4) is 0 Å². The molecule has 0 aliphatic carbocycles. The summed E-state index contributed by atoms with van der Waals surface area (Å²) < 4.78 is 15.8. The maximum absolute atomic E-state index is 14.2. The van der Waals surface area contributed by atoms with Gasteiger partial charge in [0.2, 0.25) is 0 Å². The molecule has 10 nitrogen and oxygen atoms in total. The number of pyridine rings is 2. The largest absolute Gasteiger partial charge is 0.387 e. The molecular formula is C25H21FN8O2. The molecule has 1 amide bonds. The van der Waals surface area contributed by atoms with E-state index in [-0.39, 0.29) is 5.56 Å². The van der Waals surface area contributed by atoms with Gasteiger partial charge in [-0.3, -0.25) is 14.8 Å². The van der Waals surface area contributed by atoms with Crippen molar-refractivity contribution in [3.05, 3.63) is 71.8 Å². The molecule has 36 heavy (non-hydrogen) atoms. The Balaban J connectivity index is 1.73. The predicted molar refractivity (Wildman–Crippen MR) is 129 cm³/mol. The second kappa shape index (κ2) is 9.78. The van der Waals surface area contributed by atoms with Crippen molar-refractivity contribution >= 4 is 22.8 Å². The lowest BCUT2D eigenvalue weighted by atomic mass is 10.0. The summed E-state index contributed by atoms with van der Waals surface area (Å²) in [7, 11) is 0. The number of carbonyl (C=O) groups excluding carboxylic acids is 1. The van der Waals surface area contributed by atoms with Crippen molar-refractivity contribution < 1.29 is 14.3 Å². The van der Waals surface area contributed by atoms with Crippen molar-refractivity contribution in [2.24, 2.45) is 0 Å². The molecule has 0 spiro atoms. The van der Waals surface area contributed by atoms with Gasteiger partial charge in [-0.25, -0.2) is 8.91 Å². The first kappa shape index (κ1) is 24.3. The van der Waals surface area contributed by atoms with Crippen LogP contribution in [0.2, 0.25) is 0 Å². The lowest BCUT2D eigenvalue weighted by molar-refractivity contribution is -0.00177. The predicted octanol–water partition coefficient (Wildman–Crippen LogP) is 3.12. The number of rotatable bonds is 7. The van der Waals surface area contributed by atoms with E-state index in [1.165, 1.54) is 38.6 Å². The number of alkyl halides is 1. The Labute approximate surface area is 205 Å². The van der Waals surface area contributed by atoms with Gasteiger partial charge in [0.15, 0.2) is 0 Å². The average molecular weight is 484 g/mol. The number of halogens is 1. The van der Waals surface area contributed by atoms with E-state index in [1.807, 2.05) is 12.1 Å². The molecule has 4 aromatic heterocycles. The number of nitriles is 2. The minimum absolute atomic E-state index is 0.115. The highest BCUT2D eigenvalue weighted by Crippen LogP contribution is 2.28. The van der Waals surface area contributed by atoms with E-state index >= 15 is 0 Å². The topological polar surface area (TPSA) is 152 Å². The number of nitrogens with one attached hydrogen (secondary N) is 2. The van der Waals surface area contributed by atoms with Crippen LogP contribution in [0.15, 0.2) is 55.1 Å². The van der Waals surface area contributed by atoms with E-state index in [4.69, 9.17) is 5.26 Å². The van der Waals surface area contributed by atoms with Crippen LogP contribution in [-0.2, 0) is 0 Å². The third-order valence-corrected chi connectivity index (χ3v) is 5.40. The summed E-state index contributed by atoms with van der Waals surface area (Å²) in [6, 6.07) is 12.5. The summed E-state index contributed by atoms with van der Waals surface area (Å²) in [6.45, 7) is 2.24. The van der Waals surface area contributed by atoms with Gasteiger partial charge in [0, 0.05) is 12.4 Å². The van der Waals surface area contributed by atoms with E-state index in [1.54, 1.807) is 34.8 Å². The molecule has 0 radical (unpaired) electrons. The van der Waals surface area contributed by atoms with Gasteiger partial charge in [-0.15, -0.1) is 0 Å². The smallest absolute Gasteiger partial charge is 0.255 e. The molecule has 0 saturated carbocycles. The SMILES string of the molecule is CC(C)(O)[C@H](F)CNC(=O)c1cnc(-c2ccc3cc(C#N)cnn23)cc1Nc1cncc(C#N)c1. The molecule has 0 bridgehead atoms. The van der Waals surface area contributed by atoms with Gasteiger partial charge in [0.1, 0.15) is 18.3 Å². The fraction of sp³-hybridized carbons (Fsp3) is 0.200. The van der Waals surface area contributed by atoms with Crippen LogP contribution in [0.4, 0.5) is 15.8 Å². The number of fused-ring (bicyclic) bond motifs is 1. The number of anilines is 2. The van der Waals surface area contributed by atoms with Crippen LogP contribution in [0, 0.1) is 22.7 Å². The first-order valence-corrected chi connectivity index (χ1v) is 10.8. The third-order valence-electron chi connectivity index (χ3n) is 5.40. The molecule has 4 rings (SSSR count). The highest BCUT2D eigenvalue weighted by Gasteiger charge is 2.27. The highest BCUT2D eigenvalue weighted by atomic mass is 19.1. The summed E-state index contributed by atoms with van der Waals surface area (Å²) in [5.74, 6) is -0.607. The molecule has 0 aliphatic heterocycles. The zero-order valence-electron chi connectivity index (χ0n) is 19.4. The van der Waals surface area contributed by atoms with Crippen LogP contribution >= 0.6 is 0 Å². The van der Waals surface area contributed by atoms with Gasteiger partial charge >= 0.3 is 0 Å². The fourth-order valence-electron chi connectivity index (χ4n) is 3.39. The lowest BCUT2D eigenvalue weighted by Crippen LogP contribution is -2.42. The first-order chi connectivity index (χ1) is 17.2. The maximum Gasteiger partial charge on any atom is 0.255 e. The summed E-state index contributed by atoms with van der Waals surface area (Å²) in [5, 5.41) is 38.0. The first-order valence-electron chi connectivity index (χ1n) is 10.8. The summed E-state index contributed by atoms with van der Waals surface area (Å²) in [6.07, 6.45) is 3.99. The molecule has 0 saturated heterocycles. The minimum atomic E-state index is -1.68. The Bertz CT molecular complexity index is 1530. The lowest BCUT2D eigenvalue weighted by Gasteiger charge is -2.22. The van der Waals surface area contributed by atoms with Crippen LogP contribution in [-0.4, -0.2) is 48.9 Å². The number of carbonyl (C=O) groups is 1. The van der Waals surface area contributed by atoms with Crippen molar-refractivity contribution in [3.63, 3.8) is 0 Å². The van der Waals surface area contributed by atoms with E-state index in [9.17, 15) is 19.6 Å². The normalized spacial score (nSPS) is 11.9. The van der Waals surface area contributed by atoms with E-state index in [0.29, 0.717) is 39.4 Å². The quantitative estimate of drug-likeness (QED) is 0.362. The van der Waals surface area contributed by atoms with E-state index in [2.05, 4.69) is 25.7 Å². The van der Waals surface area contributed by atoms with Gasteiger partial charge in [-0.2, -0.15) is 15.6 Å². The Hall–Kier alpha value is -4.87. The Morgan fingerprint density at radius 2 is 1.89 bits per heavy atom. The van der Waals surface area contributed by atoms with Crippen molar-refractivity contribution in [2.45, 2.75) is 25.6 Å². The zero-order chi connectivity index (χ0) is 25.9. The van der Waals surface area contributed by atoms with Crippen molar-refractivity contribution in [3.8, 4) is 23.5 Å². The van der Waals surface area contributed by atoms with Gasteiger partial charge in [0.25, 0.3) is 5.91 Å². The molecule has 11 heteroatoms. The number of aromatic nitrogens is 4. The van der Waals surface area contributed by atoms with E-state index < -0.39 is 24.2 Å². The van der Waals surface area contributed by atoms with Gasteiger partial charge in [-0.1, -0.05) is 0 Å². The molecule has 3 N–H and O–H groups in total. The van der Waals surface area contributed by atoms with Crippen molar-refractivity contribution in [1.82, 2.24) is 24.9 Å². The standard InChI is InChI=1S/C25H21FN8O2/c1-25(2,36)23(26)14-31-24(35)19-13-30-21(7-20(19)33-17-5-15(8-27)10-29-12-17)22-4-3-18-6-16(9-28)11-32-34(18)22/h3-7,10-13,23,36H,14H2,1-2H3,(H,30,33)(H,31,35)/t23-/m1/s1.